The average Bonchev–Trinajstić information content (AvgIpc) is 3.30. The lowest BCUT2D eigenvalue weighted by Gasteiger charge is -2.10. The lowest BCUT2D eigenvalue weighted by Crippen LogP contribution is -2.20. The van der Waals surface area contributed by atoms with Crippen molar-refractivity contribution in [1.82, 2.24) is 19.6 Å². The number of aromatic nitrogens is 4. The molecule has 0 aliphatic rings. The first-order chi connectivity index (χ1) is 15.4. The Labute approximate surface area is 198 Å². The second-order valence-corrected chi connectivity index (χ2v) is 8.64. The van der Waals surface area contributed by atoms with Crippen LogP contribution in [0.3, 0.4) is 0 Å². The normalized spacial score (nSPS) is 10.9. The number of benzene rings is 2. The van der Waals surface area contributed by atoms with Crippen molar-refractivity contribution in [3.63, 3.8) is 0 Å². The predicted molar refractivity (Wildman–Crippen MR) is 135 cm³/mol. The molecule has 0 atom stereocenters. The van der Waals surface area contributed by atoms with E-state index < -0.39 is 0 Å². The zero-order chi connectivity index (χ0) is 22.7. The molecule has 0 spiro atoms. The molecule has 32 heavy (non-hydrogen) atoms. The van der Waals surface area contributed by atoms with E-state index in [2.05, 4.69) is 52.0 Å². The van der Waals surface area contributed by atoms with Crippen molar-refractivity contribution >= 4 is 40.4 Å². The summed E-state index contributed by atoms with van der Waals surface area (Å²) in [5, 5.41) is 16.9. The second kappa shape index (κ2) is 9.54. The molecule has 2 aromatic heterocycles. The van der Waals surface area contributed by atoms with E-state index >= 15 is 0 Å². The molecule has 4 rings (SSSR count). The molecular weight excluding hydrogens is 440 g/mol. The maximum absolute atomic E-state index is 5.95. The zero-order valence-corrected chi connectivity index (χ0v) is 19.8. The van der Waals surface area contributed by atoms with E-state index in [0.717, 1.165) is 27.7 Å². The highest BCUT2D eigenvalue weighted by atomic mass is 35.5. The van der Waals surface area contributed by atoms with Gasteiger partial charge in [0, 0.05) is 17.3 Å². The van der Waals surface area contributed by atoms with Gasteiger partial charge in [-0.1, -0.05) is 53.6 Å². The minimum absolute atomic E-state index is 0.475. The van der Waals surface area contributed by atoms with Crippen LogP contribution in [-0.2, 0) is 13.1 Å². The number of halogens is 1. The third-order valence-corrected chi connectivity index (χ3v) is 5.67. The summed E-state index contributed by atoms with van der Waals surface area (Å²) < 4.78 is 3.84. The summed E-state index contributed by atoms with van der Waals surface area (Å²) in [4.78, 5) is 0. The summed E-state index contributed by atoms with van der Waals surface area (Å²) >= 11 is 11.5. The van der Waals surface area contributed by atoms with Crippen LogP contribution in [0.1, 0.15) is 28.1 Å². The Morgan fingerprint density at radius 1 is 0.875 bits per heavy atom. The van der Waals surface area contributed by atoms with E-state index in [4.69, 9.17) is 23.8 Å². The van der Waals surface area contributed by atoms with Crippen molar-refractivity contribution < 1.29 is 0 Å². The summed E-state index contributed by atoms with van der Waals surface area (Å²) in [6.45, 7) is 7.47. The van der Waals surface area contributed by atoms with Gasteiger partial charge in [-0.05, 0) is 56.2 Å². The van der Waals surface area contributed by atoms with E-state index in [1.807, 2.05) is 59.7 Å². The Kier molecular flexibility index (Phi) is 6.58. The summed E-state index contributed by atoms with van der Waals surface area (Å²) in [6.07, 6.45) is 1.91. The van der Waals surface area contributed by atoms with Gasteiger partial charge < -0.3 is 10.6 Å². The molecule has 0 fully saturated rings. The van der Waals surface area contributed by atoms with Crippen molar-refractivity contribution in [2.24, 2.45) is 0 Å². The average molecular weight is 465 g/mol. The first-order valence-corrected chi connectivity index (χ1v) is 11.1. The highest BCUT2D eigenvalue weighted by molar-refractivity contribution is 7.80. The summed E-state index contributed by atoms with van der Waals surface area (Å²) in [7, 11) is 0. The highest BCUT2D eigenvalue weighted by Gasteiger charge is 2.14. The van der Waals surface area contributed by atoms with Crippen LogP contribution in [0, 0.1) is 20.8 Å². The minimum atomic E-state index is 0.475. The fraction of sp³-hybridized carbons (Fsp3) is 0.208. The van der Waals surface area contributed by atoms with Crippen LogP contribution in [0.5, 0.6) is 0 Å². The van der Waals surface area contributed by atoms with E-state index in [9.17, 15) is 0 Å². The fourth-order valence-electron chi connectivity index (χ4n) is 3.45. The number of hydrogen-bond acceptors (Lipinski definition) is 3. The molecule has 0 radical (unpaired) electrons. The van der Waals surface area contributed by atoms with Crippen LogP contribution < -0.4 is 10.6 Å². The molecule has 6 nitrogen and oxygen atoms in total. The Morgan fingerprint density at radius 2 is 1.53 bits per heavy atom. The van der Waals surface area contributed by atoms with Crippen LogP contribution in [0.2, 0.25) is 5.02 Å². The molecule has 2 heterocycles. The molecule has 4 aromatic rings. The number of nitrogens with one attached hydrogen (secondary N) is 2. The van der Waals surface area contributed by atoms with E-state index in [1.165, 1.54) is 11.1 Å². The van der Waals surface area contributed by atoms with Crippen molar-refractivity contribution in [3.05, 3.63) is 93.9 Å². The number of thiocarbonyl (C=S) groups is 1. The Morgan fingerprint density at radius 3 is 2.25 bits per heavy atom. The lowest BCUT2D eigenvalue weighted by atomic mass is 10.1. The SMILES string of the molecule is Cc1ccc(Cn2nc(C)c(NC(=S)Nc3ccn(Cc4ccc(Cl)cc4)n3)c2C)cc1. The molecule has 0 saturated heterocycles. The maximum atomic E-state index is 5.95. The topological polar surface area (TPSA) is 59.7 Å². The van der Waals surface area contributed by atoms with Gasteiger partial charge in [0.15, 0.2) is 10.9 Å². The molecule has 0 saturated carbocycles. The summed E-state index contributed by atoms with van der Waals surface area (Å²) in [5.41, 5.74) is 6.41. The molecule has 2 aromatic carbocycles. The van der Waals surface area contributed by atoms with E-state index in [-0.39, 0.29) is 0 Å². The lowest BCUT2D eigenvalue weighted by molar-refractivity contribution is 0.659. The largest absolute Gasteiger partial charge is 0.329 e. The zero-order valence-electron chi connectivity index (χ0n) is 18.3. The predicted octanol–water partition coefficient (Wildman–Crippen LogP) is 5.56. The third-order valence-electron chi connectivity index (χ3n) is 5.21. The number of anilines is 2. The highest BCUT2D eigenvalue weighted by Crippen LogP contribution is 2.21. The van der Waals surface area contributed by atoms with E-state index in [0.29, 0.717) is 24.0 Å². The second-order valence-electron chi connectivity index (χ2n) is 7.79. The third kappa shape index (κ3) is 5.36. The Hall–Kier alpha value is -3.16. The van der Waals surface area contributed by atoms with Gasteiger partial charge in [0.05, 0.1) is 30.2 Å². The molecular formula is C24H25ClN6S. The Balaban J connectivity index is 1.39. The van der Waals surface area contributed by atoms with Crippen molar-refractivity contribution in [2.75, 3.05) is 10.6 Å². The molecule has 0 aliphatic carbocycles. The molecule has 164 valence electrons. The first-order valence-electron chi connectivity index (χ1n) is 10.3. The summed E-state index contributed by atoms with van der Waals surface area (Å²) in [5.74, 6) is 0.679. The fourth-order valence-corrected chi connectivity index (χ4v) is 3.79. The van der Waals surface area contributed by atoms with E-state index in [1.54, 1.807) is 0 Å². The van der Waals surface area contributed by atoms with Gasteiger partial charge >= 0.3 is 0 Å². The molecule has 2 N–H and O–H groups in total. The number of rotatable bonds is 6. The van der Waals surface area contributed by atoms with Gasteiger partial charge in [-0.3, -0.25) is 9.36 Å². The monoisotopic (exact) mass is 464 g/mol. The first kappa shape index (κ1) is 22.0. The molecule has 0 bridgehead atoms. The maximum Gasteiger partial charge on any atom is 0.176 e. The smallest absolute Gasteiger partial charge is 0.176 e. The molecule has 8 heteroatoms. The van der Waals surface area contributed by atoms with Crippen LogP contribution >= 0.6 is 23.8 Å². The van der Waals surface area contributed by atoms with Gasteiger partial charge in [0.2, 0.25) is 0 Å². The van der Waals surface area contributed by atoms with Gasteiger partial charge in [-0.25, -0.2) is 0 Å². The van der Waals surface area contributed by atoms with Crippen molar-refractivity contribution in [2.45, 2.75) is 33.9 Å². The van der Waals surface area contributed by atoms with Gasteiger partial charge in [0.1, 0.15) is 0 Å². The van der Waals surface area contributed by atoms with Gasteiger partial charge in [0.25, 0.3) is 0 Å². The molecule has 0 amide bonds. The van der Waals surface area contributed by atoms with Gasteiger partial charge in [-0.2, -0.15) is 10.2 Å². The van der Waals surface area contributed by atoms with Crippen LogP contribution in [0.15, 0.2) is 60.8 Å². The number of hydrogen-bond donors (Lipinski definition) is 2. The summed E-state index contributed by atoms with van der Waals surface area (Å²) in [6, 6.07) is 18.1. The van der Waals surface area contributed by atoms with Crippen LogP contribution in [0.25, 0.3) is 0 Å². The van der Waals surface area contributed by atoms with Crippen LogP contribution in [0.4, 0.5) is 11.5 Å². The number of nitrogens with zero attached hydrogens (tertiary/aromatic N) is 4. The Bertz CT molecular complexity index is 1220. The standard InChI is InChI=1S/C24H25ClN6S/c1-16-4-6-20(7-5-16)15-31-18(3)23(17(2)28-31)27-24(32)26-22-12-13-30(29-22)14-19-8-10-21(25)11-9-19/h4-13H,14-15H2,1-3H3,(H2,26,27,29,32). The minimum Gasteiger partial charge on any atom is -0.329 e. The van der Waals surface area contributed by atoms with Crippen LogP contribution in [-0.4, -0.2) is 24.7 Å². The number of aryl methyl sites for hydroxylation is 2. The van der Waals surface area contributed by atoms with Crippen molar-refractivity contribution in [1.29, 1.82) is 0 Å². The molecule has 0 aliphatic heterocycles. The van der Waals surface area contributed by atoms with Gasteiger partial charge in [-0.15, -0.1) is 0 Å². The molecule has 0 unspecified atom stereocenters. The quantitative estimate of drug-likeness (QED) is 0.365. The van der Waals surface area contributed by atoms with Crippen molar-refractivity contribution in [3.8, 4) is 0 Å².